The second-order valence-corrected chi connectivity index (χ2v) is 4.23. The van der Waals surface area contributed by atoms with Gasteiger partial charge in [0.05, 0.1) is 11.3 Å². The average molecular weight is 231 g/mol. The summed E-state index contributed by atoms with van der Waals surface area (Å²) >= 11 is 0. The Labute approximate surface area is 100 Å². The molecule has 1 aromatic heterocycles. The van der Waals surface area contributed by atoms with E-state index in [-0.39, 0.29) is 5.56 Å². The third-order valence-electron chi connectivity index (χ3n) is 2.80. The standard InChI is InChI=1S/C13H17N3O/c1-9-5-4-6-10(7-9)12-11(8-14-2)13(17)16(3)15-12/h4-7,14-15H,8H2,1-3H3. The van der Waals surface area contributed by atoms with E-state index in [0.29, 0.717) is 6.54 Å². The van der Waals surface area contributed by atoms with Gasteiger partial charge in [0.25, 0.3) is 5.56 Å². The van der Waals surface area contributed by atoms with Crippen LogP contribution in [-0.4, -0.2) is 16.8 Å². The molecule has 4 heteroatoms. The molecule has 0 radical (unpaired) electrons. The van der Waals surface area contributed by atoms with Crippen molar-refractivity contribution in [2.45, 2.75) is 13.5 Å². The summed E-state index contributed by atoms with van der Waals surface area (Å²) < 4.78 is 1.52. The van der Waals surface area contributed by atoms with Crippen LogP contribution in [0, 0.1) is 6.92 Å². The summed E-state index contributed by atoms with van der Waals surface area (Å²) in [6.07, 6.45) is 0. The Morgan fingerprint density at radius 2 is 2.18 bits per heavy atom. The number of nitrogens with zero attached hydrogens (tertiary/aromatic N) is 1. The number of rotatable bonds is 3. The smallest absolute Gasteiger partial charge is 0.271 e. The number of nitrogens with one attached hydrogen (secondary N) is 2. The van der Waals surface area contributed by atoms with Crippen LogP contribution in [0.4, 0.5) is 0 Å². The first-order valence-electron chi connectivity index (χ1n) is 5.63. The van der Waals surface area contributed by atoms with Gasteiger partial charge in [0.15, 0.2) is 0 Å². The number of benzene rings is 1. The molecule has 1 heterocycles. The van der Waals surface area contributed by atoms with Crippen LogP contribution in [0.5, 0.6) is 0 Å². The molecule has 2 rings (SSSR count). The highest BCUT2D eigenvalue weighted by molar-refractivity contribution is 5.63. The van der Waals surface area contributed by atoms with E-state index in [2.05, 4.69) is 16.5 Å². The molecule has 1 aromatic carbocycles. The average Bonchev–Trinajstić information content (AvgIpc) is 2.58. The Morgan fingerprint density at radius 1 is 1.41 bits per heavy atom. The number of aromatic nitrogens is 2. The highest BCUT2D eigenvalue weighted by Crippen LogP contribution is 2.20. The summed E-state index contributed by atoms with van der Waals surface area (Å²) in [6.45, 7) is 2.61. The molecule has 0 bridgehead atoms. The molecule has 90 valence electrons. The van der Waals surface area contributed by atoms with Gasteiger partial charge in [0.2, 0.25) is 0 Å². The van der Waals surface area contributed by atoms with Crippen LogP contribution < -0.4 is 10.9 Å². The van der Waals surface area contributed by atoms with Crippen LogP contribution in [0.2, 0.25) is 0 Å². The summed E-state index contributed by atoms with van der Waals surface area (Å²) in [5, 5.41) is 6.14. The quantitative estimate of drug-likeness (QED) is 0.839. The Bertz CT molecular complexity index is 581. The van der Waals surface area contributed by atoms with E-state index >= 15 is 0 Å². The van der Waals surface area contributed by atoms with E-state index < -0.39 is 0 Å². The van der Waals surface area contributed by atoms with Gasteiger partial charge in [-0.15, -0.1) is 0 Å². The van der Waals surface area contributed by atoms with Crippen molar-refractivity contribution in [1.82, 2.24) is 15.1 Å². The molecule has 0 aliphatic carbocycles. The lowest BCUT2D eigenvalue weighted by Gasteiger charge is -2.03. The first-order chi connectivity index (χ1) is 8.13. The van der Waals surface area contributed by atoms with Gasteiger partial charge >= 0.3 is 0 Å². The van der Waals surface area contributed by atoms with Gasteiger partial charge in [-0.25, -0.2) is 0 Å². The molecule has 2 aromatic rings. The zero-order chi connectivity index (χ0) is 12.4. The lowest BCUT2D eigenvalue weighted by Crippen LogP contribution is -2.19. The highest BCUT2D eigenvalue weighted by Gasteiger charge is 2.13. The third-order valence-corrected chi connectivity index (χ3v) is 2.80. The first-order valence-corrected chi connectivity index (χ1v) is 5.63. The van der Waals surface area contributed by atoms with E-state index in [1.54, 1.807) is 7.05 Å². The van der Waals surface area contributed by atoms with Crippen molar-refractivity contribution < 1.29 is 0 Å². The fourth-order valence-electron chi connectivity index (χ4n) is 1.98. The van der Waals surface area contributed by atoms with Crippen molar-refractivity contribution in [2.75, 3.05) is 7.05 Å². The normalized spacial score (nSPS) is 10.8. The number of aromatic amines is 1. The minimum atomic E-state index is 0.0239. The van der Waals surface area contributed by atoms with E-state index in [0.717, 1.165) is 16.8 Å². The molecule has 0 saturated heterocycles. The van der Waals surface area contributed by atoms with E-state index in [1.165, 1.54) is 10.2 Å². The Kier molecular flexibility index (Phi) is 3.15. The first kappa shape index (κ1) is 11.7. The maximum Gasteiger partial charge on any atom is 0.271 e. The largest absolute Gasteiger partial charge is 0.315 e. The maximum atomic E-state index is 11.9. The summed E-state index contributed by atoms with van der Waals surface area (Å²) in [7, 11) is 3.58. The third kappa shape index (κ3) is 2.17. The van der Waals surface area contributed by atoms with Crippen LogP contribution in [0.3, 0.4) is 0 Å². The fraction of sp³-hybridized carbons (Fsp3) is 0.308. The highest BCUT2D eigenvalue weighted by atomic mass is 16.1. The van der Waals surface area contributed by atoms with Crippen molar-refractivity contribution in [1.29, 1.82) is 0 Å². The Morgan fingerprint density at radius 3 is 2.82 bits per heavy atom. The lowest BCUT2D eigenvalue weighted by atomic mass is 10.1. The molecule has 2 N–H and O–H groups in total. The molecule has 0 fully saturated rings. The van der Waals surface area contributed by atoms with Gasteiger partial charge in [-0.2, -0.15) is 0 Å². The van der Waals surface area contributed by atoms with E-state index in [1.807, 2.05) is 32.2 Å². The fourth-order valence-corrected chi connectivity index (χ4v) is 1.98. The topological polar surface area (TPSA) is 49.8 Å². The molecule has 0 saturated carbocycles. The molecule has 17 heavy (non-hydrogen) atoms. The van der Waals surface area contributed by atoms with Crippen molar-refractivity contribution >= 4 is 0 Å². The molecule has 0 atom stereocenters. The number of hydrogen-bond donors (Lipinski definition) is 2. The molecule has 4 nitrogen and oxygen atoms in total. The van der Waals surface area contributed by atoms with Gasteiger partial charge in [-0.05, 0) is 20.0 Å². The van der Waals surface area contributed by atoms with Gasteiger partial charge in [-0.3, -0.25) is 14.6 Å². The monoisotopic (exact) mass is 231 g/mol. The predicted octanol–water partition coefficient (Wildman–Crippen LogP) is 1.41. The minimum Gasteiger partial charge on any atom is -0.315 e. The zero-order valence-electron chi connectivity index (χ0n) is 10.4. The second-order valence-electron chi connectivity index (χ2n) is 4.23. The van der Waals surface area contributed by atoms with Crippen molar-refractivity contribution in [3.05, 3.63) is 45.7 Å². The van der Waals surface area contributed by atoms with Crippen molar-refractivity contribution in [3.8, 4) is 11.3 Å². The van der Waals surface area contributed by atoms with Gasteiger partial charge < -0.3 is 5.32 Å². The Hall–Kier alpha value is -1.81. The van der Waals surface area contributed by atoms with Gasteiger partial charge in [-0.1, -0.05) is 23.8 Å². The zero-order valence-corrected chi connectivity index (χ0v) is 10.4. The molecular weight excluding hydrogens is 214 g/mol. The minimum absolute atomic E-state index is 0.0239. The maximum absolute atomic E-state index is 11.9. The summed E-state index contributed by atoms with van der Waals surface area (Å²) in [6, 6.07) is 8.13. The van der Waals surface area contributed by atoms with Crippen LogP contribution in [0.1, 0.15) is 11.1 Å². The second kappa shape index (κ2) is 4.59. The molecule has 0 aliphatic heterocycles. The van der Waals surface area contributed by atoms with Crippen LogP contribution in [0.25, 0.3) is 11.3 Å². The van der Waals surface area contributed by atoms with E-state index in [4.69, 9.17) is 0 Å². The molecule has 0 amide bonds. The molecular formula is C13H17N3O. The summed E-state index contributed by atoms with van der Waals surface area (Å²) in [4.78, 5) is 11.9. The van der Waals surface area contributed by atoms with Crippen LogP contribution >= 0.6 is 0 Å². The predicted molar refractivity (Wildman–Crippen MR) is 69.0 cm³/mol. The van der Waals surface area contributed by atoms with Gasteiger partial charge in [0, 0.05) is 19.2 Å². The molecule has 0 aliphatic rings. The summed E-state index contributed by atoms with van der Waals surface area (Å²) in [5.74, 6) is 0. The molecule has 0 spiro atoms. The number of hydrogen-bond acceptors (Lipinski definition) is 2. The van der Waals surface area contributed by atoms with Crippen molar-refractivity contribution in [3.63, 3.8) is 0 Å². The van der Waals surface area contributed by atoms with E-state index in [9.17, 15) is 4.79 Å². The number of aryl methyl sites for hydroxylation is 2. The molecule has 0 unspecified atom stereocenters. The lowest BCUT2D eigenvalue weighted by molar-refractivity contribution is 0.734. The Balaban J connectivity index is 2.59. The van der Waals surface area contributed by atoms with Crippen molar-refractivity contribution in [2.24, 2.45) is 7.05 Å². The van der Waals surface area contributed by atoms with Crippen LogP contribution in [-0.2, 0) is 13.6 Å². The summed E-state index contributed by atoms with van der Waals surface area (Å²) in [5.41, 5.74) is 3.93. The number of H-pyrrole nitrogens is 1. The van der Waals surface area contributed by atoms with Crippen LogP contribution in [0.15, 0.2) is 29.1 Å². The van der Waals surface area contributed by atoms with Gasteiger partial charge in [0.1, 0.15) is 0 Å². The SMILES string of the molecule is CNCc1c(-c2cccc(C)c2)[nH]n(C)c1=O.